The Morgan fingerprint density at radius 2 is 1.94 bits per heavy atom. The minimum absolute atomic E-state index is 0.582. The number of nitrogens with one attached hydrogen (secondary N) is 1. The molecule has 0 saturated heterocycles. The van der Waals surface area contributed by atoms with Crippen molar-refractivity contribution in [1.29, 1.82) is 0 Å². The molecule has 1 aromatic heterocycles. The van der Waals surface area contributed by atoms with Crippen LogP contribution in [0.15, 0.2) is 28.7 Å². The summed E-state index contributed by atoms with van der Waals surface area (Å²) in [5.41, 5.74) is 1.05. The zero-order chi connectivity index (χ0) is 11.7. The van der Waals surface area contributed by atoms with E-state index in [1.165, 1.54) is 25.7 Å². The first kappa shape index (κ1) is 11.0. The third-order valence-electron chi connectivity index (χ3n) is 3.36. The summed E-state index contributed by atoms with van der Waals surface area (Å²) in [7, 11) is 0. The van der Waals surface area contributed by atoms with Gasteiger partial charge in [0.1, 0.15) is 5.82 Å². The first-order valence-electron chi connectivity index (χ1n) is 6.02. The van der Waals surface area contributed by atoms with E-state index in [1.54, 1.807) is 0 Å². The van der Waals surface area contributed by atoms with Crippen LogP contribution < -0.4 is 0 Å². The molecule has 0 unspecified atom stereocenters. The molecule has 1 heterocycles. The van der Waals surface area contributed by atoms with Gasteiger partial charge < -0.3 is 0 Å². The van der Waals surface area contributed by atoms with Gasteiger partial charge in [0, 0.05) is 16.0 Å². The summed E-state index contributed by atoms with van der Waals surface area (Å²) in [4.78, 5) is 4.63. The number of aromatic amines is 1. The fourth-order valence-corrected chi connectivity index (χ4v) is 2.88. The van der Waals surface area contributed by atoms with Crippen LogP contribution in [0.2, 0.25) is 0 Å². The van der Waals surface area contributed by atoms with Crippen LogP contribution >= 0.6 is 15.9 Å². The van der Waals surface area contributed by atoms with Gasteiger partial charge in [-0.3, -0.25) is 5.10 Å². The quantitative estimate of drug-likeness (QED) is 0.912. The maximum atomic E-state index is 4.63. The monoisotopic (exact) mass is 291 g/mol. The maximum Gasteiger partial charge on any atom is 0.182 e. The SMILES string of the molecule is Brc1ccccc1-c1n[nH]c(C2CCCC2)n1. The smallest absolute Gasteiger partial charge is 0.182 e. The van der Waals surface area contributed by atoms with Crippen LogP contribution in [-0.4, -0.2) is 15.2 Å². The van der Waals surface area contributed by atoms with Crippen molar-refractivity contribution in [3.05, 3.63) is 34.6 Å². The lowest BCUT2D eigenvalue weighted by Crippen LogP contribution is -1.94. The number of nitrogens with zero attached hydrogens (tertiary/aromatic N) is 2. The van der Waals surface area contributed by atoms with E-state index in [1.807, 2.05) is 24.3 Å². The molecule has 1 fully saturated rings. The van der Waals surface area contributed by atoms with Crippen molar-refractivity contribution < 1.29 is 0 Å². The van der Waals surface area contributed by atoms with Gasteiger partial charge in [-0.25, -0.2) is 4.98 Å². The molecule has 0 aliphatic heterocycles. The number of hydrogen-bond donors (Lipinski definition) is 1. The van der Waals surface area contributed by atoms with E-state index in [4.69, 9.17) is 0 Å². The summed E-state index contributed by atoms with van der Waals surface area (Å²) in [5.74, 6) is 2.42. The molecule has 2 aromatic rings. The number of benzene rings is 1. The van der Waals surface area contributed by atoms with Gasteiger partial charge in [-0.05, 0) is 25.0 Å². The molecule has 0 bridgehead atoms. The second-order valence-electron chi connectivity index (χ2n) is 4.51. The molecule has 3 nitrogen and oxygen atoms in total. The summed E-state index contributed by atoms with van der Waals surface area (Å²) in [6.07, 6.45) is 5.11. The largest absolute Gasteiger partial charge is 0.262 e. The van der Waals surface area contributed by atoms with Crippen molar-refractivity contribution in [1.82, 2.24) is 15.2 Å². The van der Waals surface area contributed by atoms with E-state index in [9.17, 15) is 0 Å². The van der Waals surface area contributed by atoms with Crippen LogP contribution in [0, 0.1) is 0 Å². The lowest BCUT2D eigenvalue weighted by atomic mass is 10.1. The highest BCUT2D eigenvalue weighted by Crippen LogP contribution is 2.33. The molecular weight excluding hydrogens is 278 g/mol. The van der Waals surface area contributed by atoms with Crippen molar-refractivity contribution in [3.8, 4) is 11.4 Å². The molecule has 1 aliphatic carbocycles. The Labute approximate surface area is 109 Å². The van der Waals surface area contributed by atoms with Gasteiger partial charge in [-0.1, -0.05) is 40.9 Å². The Bertz CT molecular complexity index is 515. The molecular formula is C13H14BrN3. The van der Waals surface area contributed by atoms with Gasteiger partial charge in [0.25, 0.3) is 0 Å². The molecule has 1 saturated carbocycles. The van der Waals surface area contributed by atoms with Crippen LogP contribution in [0.25, 0.3) is 11.4 Å². The molecule has 3 rings (SSSR count). The molecule has 88 valence electrons. The molecule has 17 heavy (non-hydrogen) atoms. The van der Waals surface area contributed by atoms with E-state index in [0.717, 1.165) is 21.7 Å². The molecule has 0 amide bonds. The van der Waals surface area contributed by atoms with Gasteiger partial charge >= 0.3 is 0 Å². The average Bonchev–Trinajstić information content (AvgIpc) is 3.00. The van der Waals surface area contributed by atoms with Crippen LogP contribution in [0.4, 0.5) is 0 Å². The fourth-order valence-electron chi connectivity index (χ4n) is 2.42. The number of halogens is 1. The lowest BCUT2D eigenvalue weighted by Gasteiger charge is -2.02. The van der Waals surface area contributed by atoms with Crippen molar-refractivity contribution in [2.75, 3.05) is 0 Å². The van der Waals surface area contributed by atoms with Gasteiger partial charge in [0.2, 0.25) is 0 Å². The number of aromatic nitrogens is 3. The first-order chi connectivity index (χ1) is 8.34. The highest BCUT2D eigenvalue weighted by atomic mass is 79.9. The summed E-state index contributed by atoms with van der Waals surface area (Å²) in [6, 6.07) is 8.05. The third-order valence-corrected chi connectivity index (χ3v) is 4.05. The van der Waals surface area contributed by atoms with Crippen LogP contribution in [0.5, 0.6) is 0 Å². The second-order valence-corrected chi connectivity index (χ2v) is 5.36. The van der Waals surface area contributed by atoms with Gasteiger partial charge in [0.05, 0.1) is 0 Å². The Balaban J connectivity index is 1.92. The summed E-state index contributed by atoms with van der Waals surface area (Å²) >= 11 is 3.53. The molecule has 1 aromatic carbocycles. The van der Waals surface area contributed by atoms with Gasteiger partial charge in [-0.2, -0.15) is 5.10 Å². The lowest BCUT2D eigenvalue weighted by molar-refractivity contribution is 0.672. The maximum absolute atomic E-state index is 4.63. The summed E-state index contributed by atoms with van der Waals surface area (Å²) in [6.45, 7) is 0. The Morgan fingerprint density at radius 1 is 1.18 bits per heavy atom. The van der Waals surface area contributed by atoms with E-state index in [2.05, 4.69) is 31.1 Å². The highest BCUT2D eigenvalue weighted by Gasteiger charge is 2.21. The predicted octanol–water partition coefficient (Wildman–Crippen LogP) is 3.89. The molecule has 4 heteroatoms. The second kappa shape index (κ2) is 4.61. The molecule has 1 N–H and O–H groups in total. The fraction of sp³-hybridized carbons (Fsp3) is 0.385. The molecule has 1 aliphatic rings. The Morgan fingerprint density at radius 3 is 2.71 bits per heavy atom. The number of H-pyrrole nitrogens is 1. The highest BCUT2D eigenvalue weighted by molar-refractivity contribution is 9.10. The van der Waals surface area contributed by atoms with Crippen molar-refractivity contribution in [2.45, 2.75) is 31.6 Å². The summed E-state index contributed by atoms with van der Waals surface area (Å²) in [5, 5.41) is 7.42. The van der Waals surface area contributed by atoms with E-state index >= 15 is 0 Å². The predicted molar refractivity (Wildman–Crippen MR) is 70.7 cm³/mol. The standard InChI is InChI=1S/C13H14BrN3/c14-11-8-4-3-7-10(11)13-15-12(16-17-13)9-5-1-2-6-9/h3-4,7-9H,1-2,5-6H2,(H,15,16,17). The Kier molecular flexibility index (Phi) is 2.97. The van der Waals surface area contributed by atoms with Crippen LogP contribution in [0.1, 0.15) is 37.4 Å². The minimum atomic E-state index is 0.582. The third kappa shape index (κ3) is 2.14. The van der Waals surface area contributed by atoms with Crippen LogP contribution in [0.3, 0.4) is 0 Å². The van der Waals surface area contributed by atoms with Gasteiger partial charge in [-0.15, -0.1) is 0 Å². The molecule has 0 radical (unpaired) electrons. The molecule has 0 atom stereocenters. The summed E-state index contributed by atoms with van der Waals surface area (Å²) < 4.78 is 1.04. The average molecular weight is 292 g/mol. The van der Waals surface area contributed by atoms with E-state index < -0.39 is 0 Å². The van der Waals surface area contributed by atoms with Crippen molar-refractivity contribution in [3.63, 3.8) is 0 Å². The molecule has 0 spiro atoms. The Hall–Kier alpha value is -1.16. The van der Waals surface area contributed by atoms with Gasteiger partial charge in [0.15, 0.2) is 5.82 Å². The number of rotatable bonds is 2. The van der Waals surface area contributed by atoms with Crippen molar-refractivity contribution >= 4 is 15.9 Å². The first-order valence-corrected chi connectivity index (χ1v) is 6.81. The van der Waals surface area contributed by atoms with E-state index in [0.29, 0.717) is 5.92 Å². The minimum Gasteiger partial charge on any atom is -0.262 e. The van der Waals surface area contributed by atoms with Crippen LogP contribution in [-0.2, 0) is 0 Å². The zero-order valence-electron chi connectivity index (χ0n) is 9.49. The normalized spacial score (nSPS) is 16.5. The topological polar surface area (TPSA) is 41.6 Å². The van der Waals surface area contributed by atoms with Crippen molar-refractivity contribution in [2.24, 2.45) is 0 Å². The number of hydrogen-bond acceptors (Lipinski definition) is 2. The van der Waals surface area contributed by atoms with E-state index in [-0.39, 0.29) is 0 Å². The zero-order valence-corrected chi connectivity index (χ0v) is 11.1.